The standard InChI is InChI=1S/C31H31FN4O3Si/c1-31(2,3)40(4,5)39-20-21-8-14-25(15-9-21)35-28(26-7-6-16-33-30(26)36(37)38)18-27-29(35)17-23(19-34-27)22-10-12-24(32)13-11-22/h6-19H,20H2,1-5H3. The molecule has 0 atom stereocenters. The van der Waals surface area contributed by atoms with Crippen molar-refractivity contribution in [1.82, 2.24) is 14.5 Å². The Bertz CT molecular complexity index is 1690. The van der Waals surface area contributed by atoms with Gasteiger partial charge in [-0.25, -0.2) is 4.39 Å². The summed E-state index contributed by atoms with van der Waals surface area (Å²) >= 11 is 0. The van der Waals surface area contributed by atoms with Crippen LogP contribution in [0.5, 0.6) is 0 Å². The Morgan fingerprint density at radius 1 is 0.975 bits per heavy atom. The van der Waals surface area contributed by atoms with Crippen LogP contribution in [0.1, 0.15) is 26.3 Å². The predicted octanol–water partition coefficient (Wildman–Crippen LogP) is 8.32. The van der Waals surface area contributed by atoms with Gasteiger partial charge in [0.2, 0.25) is 0 Å². The molecule has 0 aliphatic heterocycles. The Balaban J connectivity index is 1.63. The summed E-state index contributed by atoms with van der Waals surface area (Å²) in [6.07, 6.45) is 3.14. The largest absolute Gasteiger partial charge is 0.413 e. The van der Waals surface area contributed by atoms with Crippen LogP contribution in [0, 0.1) is 15.9 Å². The zero-order valence-corrected chi connectivity index (χ0v) is 24.2. The summed E-state index contributed by atoms with van der Waals surface area (Å²) in [5, 5.41) is 12.0. The summed E-state index contributed by atoms with van der Waals surface area (Å²) in [4.78, 5) is 20.1. The van der Waals surface area contributed by atoms with Gasteiger partial charge < -0.3 is 19.1 Å². The van der Waals surface area contributed by atoms with E-state index in [9.17, 15) is 14.5 Å². The number of nitrogens with zero attached hydrogens (tertiary/aromatic N) is 4. The molecule has 5 aromatic rings. The summed E-state index contributed by atoms with van der Waals surface area (Å²) in [6.45, 7) is 11.6. The number of fused-ring (bicyclic) bond motifs is 1. The molecule has 9 heteroatoms. The first kappa shape index (κ1) is 27.4. The van der Waals surface area contributed by atoms with E-state index < -0.39 is 13.2 Å². The molecule has 0 radical (unpaired) electrons. The van der Waals surface area contributed by atoms with E-state index in [0.717, 1.165) is 27.9 Å². The lowest BCUT2D eigenvalue weighted by Gasteiger charge is -2.36. The van der Waals surface area contributed by atoms with Gasteiger partial charge in [-0.05, 0) is 87.7 Å². The molecule has 0 N–H and O–H groups in total. The number of hydrogen-bond acceptors (Lipinski definition) is 5. The van der Waals surface area contributed by atoms with Crippen molar-refractivity contribution in [3.8, 4) is 28.1 Å². The van der Waals surface area contributed by atoms with Crippen LogP contribution >= 0.6 is 0 Å². The molecule has 3 heterocycles. The molecule has 0 unspecified atom stereocenters. The highest BCUT2D eigenvalue weighted by Crippen LogP contribution is 2.38. The summed E-state index contributed by atoms with van der Waals surface area (Å²) < 4.78 is 21.9. The van der Waals surface area contributed by atoms with Gasteiger partial charge in [-0.15, -0.1) is 0 Å². The minimum Gasteiger partial charge on any atom is -0.413 e. The topological polar surface area (TPSA) is 83.1 Å². The Morgan fingerprint density at radius 2 is 1.68 bits per heavy atom. The van der Waals surface area contributed by atoms with E-state index in [1.807, 2.05) is 41.0 Å². The lowest BCUT2D eigenvalue weighted by molar-refractivity contribution is -0.388. The molecule has 40 heavy (non-hydrogen) atoms. The second-order valence-corrected chi connectivity index (χ2v) is 16.2. The fraction of sp³-hybridized carbons (Fsp3) is 0.226. The van der Waals surface area contributed by atoms with Crippen LogP contribution < -0.4 is 0 Å². The summed E-state index contributed by atoms with van der Waals surface area (Å²) in [7, 11) is -1.91. The molecule has 0 bridgehead atoms. The zero-order chi connectivity index (χ0) is 28.7. The highest BCUT2D eigenvalue weighted by Gasteiger charge is 2.37. The van der Waals surface area contributed by atoms with Gasteiger partial charge in [0.15, 0.2) is 8.32 Å². The van der Waals surface area contributed by atoms with Crippen molar-refractivity contribution >= 4 is 25.2 Å². The third-order valence-corrected chi connectivity index (χ3v) is 12.1. The first-order valence-corrected chi connectivity index (χ1v) is 16.0. The maximum Gasteiger partial charge on any atom is 0.372 e. The minimum absolute atomic E-state index is 0.111. The Morgan fingerprint density at radius 3 is 2.33 bits per heavy atom. The molecule has 204 valence electrons. The summed E-state index contributed by atoms with van der Waals surface area (Å²) in [5.74, 6) is -0.547. The molecule has 0 saturated heterocycles. The first-order valence-electron chi connectivity index (χ1n) is 13.0. The molecular weight excluding hydrogens is 523 g/mol. The highest BCUT2D eigenvalue weighted by atomic mass is 28.4. The number of nitro groups is 1. The monoisotopic (exact) mass is 554 g/mol. The van der Waals surface area contributed by atoms with E-state index in [2.05, 4.69) is 43.8 Å². The summed E-state index contributed by atoms with van der Waals surface area (Å²) in [6, 6.07) is 21.4. The van der Waals surface area contributed by atoms with Crippen LogP contribution in [0.3, 0.4) is 0 Å². The van der Waals surface area contributed by atoms with Gasteiger partial charge in [0.1, 0.15) is 12.0 Å². The SMILES string of the molecule is CC(C)(C)[Si](C)(C)OCc1ccc(-n2c(-c3cccnc3[N+](=O)[O-])cc3ncc(-c4ccc(F)cc4)cc32)cc1. The van der Waals surface area contributed by atoms with Gasteiger partial charge in [-0.1, -0.05) is 45.0 Å². The van der Waals surface area contributed by atoms with Crippen molar-refractivity contribution in [2.24, 2.45) is 0 Å². The number of hydrogen-bond donors (Lipinski definition) is 0. The predicted molar refractivity (Wildman–Crippen MR) is 158 cm³/mol. The molecule has 0 spiro atoms. The van der Waals surface area contributed by atoms with E-state index in [1.165, 1.54) is 18.3 Å². The molecule has 0 amide bonds. The third kappa shape index (κ3) is 5.30. The van der Waals surface area contributed by atoms with Crippen molar-refractivity contribution in [3.05, 3.63) is 107 Å². The van der Waals surface area contributed by atoms with Crippen molar-refractivity contribution in [1.29, 1.82) is 0 Å². The molecule has 2 aromatic carbocycles. The second kappa shape index (κ2) is 10.4. The van der Waals surface area contributed by atoms with Crippen molar-refractivity contribution in [2.75, 3.05) is 0 Å². The van der Waals surface area contributed by atoms with E-state index in [1.54, 1.807) is 30.5 Å². The van der Waals surface area contributed by atoms with Crippen LogP contribution in [0.2, 0.25) is 18.1 Å². The van der Waals surface area contributed by atoms with E-state index in [-0.39, 0.29) is 16.7 Å². The lowest BCUT2D eigenvalue weighted by Crippen LogP contribution is -2.40. The maximum atomic E-state index is 13.6. The normalized spacial score (nSPS) is 12.2. The Hall–Kier alpha value is -4.21. The molecule has 3 aromatic heterocycles. The first-order chi connectivity index (χ1) is 18.9. The highest BCUT2D eigenvalue weighted by molar-refractivity contribution is 6.74. The fourth-order valence-electron chi connectivity index (χ4n) is 4.32. The minimum atomic E-state index is -1.91. The van der Waals surface area contributed by atoms with Crippen LogP contribution in [-0.4, -0.2) is 27.8 Å². The zero-order valence-electron chi connectivity index (χ0n) is 23.2. The van der Waals surface area contributed by atoms with Gasteiger partial charge in [-0.2, -0.15) is 0 Å². The molecule has 0 aliphatic carbocycles. The average molecular weight is 555 g/mol. The average Bonchev–Trinajstić information content (AvgIpc) is 3.30. The lowest BCUT2D eigenvalue weighted by atomic mass is 10.1. The van der Waals surface area contributed by atoms with Crippen LogP contribution in [-0.2, 0) is 11.0 Å². The van der Waals surface area contributed by atoms with E-state index >= 15 is 0 Å². The van der Waals surface area contributed by atoms with Crippen LogP contribution in [0.25, 0.3) is 39.1 Å². The fourth-order valence-corrected chi connectivity index (χ4v) is 5.28. The maximum absolute atomic E-state index is 13.6. The van der Waals surface area contributed by atoms with Crippen molar-refractivity contribution in [3.63, 3.8) is 0 Å². The van der Waals surface area contributed by atoms with E-state index in [4.69, 9.17) is 4.43 Å². The number of pyridine rings is 2. The number of halogens is 1. The number of benzene rings is 2. The number of aromatic nitrogens is 3. The second-order valence-electron chi connectivity index (χ2n) is 11.3. The Labute approximate surface area is 233 Å². The molecule has 0 saturated carbocycles. The van der Waals surface area contributed by atoms with Crippen LogP contribution in [0.4, 0.5) is 10.2 Å². The van der Waals surface area contributed by atoms with Gasteiger partial charge in [0.05, 0.1) is 28.9 Å². The van der Waals surface area contributed by atoms with Gasteiger partial charge in [0.25, 0.3) is 0 Å². The number of rotatable bonds is 7. The Kier molecular flexibility index (Phi) is 7.11. The van der Waals surface area contributed by atoms with Gasteiger partial charge in [0, 0.05) is 17.4 Å². The third-order valence-electron chi connectivity index (χ3n) is 7.67. The van der Waals surface area contributed by atoms with Gasteiger partial charge in [-0.3, -0.25) is 4.98 Å². The molecular formula is C31H31FN4O3Si. The van der Waals surface area contributed by atoms with Crippen LogP contribution in [0.15, 0.2) is 85.2 Å². The molecule has 7 nitrogen and oxygen atoms in total. The molecule has 0 aliphatic rings. The smallest absolute Gasteiger partial charge is 0.372 e. The quantitative estimate of drug-likeness (QED) is 0.115. The molecule has 0 fully saturated rings. The van der Waals surface area contributed by atoms with Gasteiger partial charge >= 0.3 is 5.82 Å². The van der Waals surface area contributed by atoms with E-state index in [0.29, 0.717) is 23.4 Å². The van der Waals surface area contributed by atoms with Crippen molar-refractivity contribution in [2.45, 2.75) is 45.5 Å². The van der Waals surface area contributed by atoms with Crippen molar-refractivity contribution < 1.29 is 13.7 Å². The molecule has 5 rings (SSSR count). The summed E-state index contributed by atoms with van der Waals surface area (Å²) in [5.41, 5.74) is 5.91.